The van der Waals surface area contributed by atoms with Gasteiger partial charge in [0.2, 0.25) is 0 Å². The summed E-state index contributed by atoms with van der Waals surface area (Å²) < 4.78 is 100. The number of carbonyl (C=O) groups is 1. The fourth-order valence-corrected chi connectivity index (χ4v) is 2.82. The molecule has 11 heteroatoms. The fourth-order valence-electron chi connectivity index (χ4n) is 2.69. The van der Waals surface area contributed by atoms with E-state index in [2.05, 4.69) is 9.98 Å². The third kappa shape index (κ3) is 4.03. The van der Waals surface area contributed by atoms with E-state index in [1.807, 2.05) is 5.32 Å². The van der Waals surface area contributed by atoms with Gasteiger partial charge >= 0.3 is 0 Å². The maximum absolute atomic E-state index is 14.6. The molecule has 0 unspecified atom stereocenters. The van der Waals surface area contributed by atoms with Crippen LogP contribution >= 0.6 is 11.6 Å². The van der Waals surface area contributed by atoms with Crippen LogP contribution in [0.2, 0.25) is 5.02 Å². The molecule has 2 aromatic rings. The van der Waals surface area contributed by atoms with Gasteiger partial charge in [-0.15, -0.1) is 0 Å². The predicted octanol–water partition coefficient (Wildman–Crippen LogP) is 3.42. The Labute approximate surface area is 174 Å². The molecule has 1 aromatic heterocycles. The lowest BCUT2D eigenvalue weighted by molar-refractivity contribution is -0.0148. The number of nitrogens with two attached hydrogens (primary N) is 1. The van der Waals surface area contributed by atoms with Crippen LogP contribution in [0.15, 0.2) is 29.3 Å². The minimum atomic E-state index is -3.39. The number of hydrogen-bond donors (Lipinski definition) is 2. The number of benzene rings is 1. The van der Waals surface area contributed by atoms with E-state index in [0.717, 1.165) is 0 Å². The van der Waals surface area contributed by atoms with Crippen LogP contribution < -0.4 is 11.1 Å². The van der Waals surface area contributed by atoms with Crippen molar-refractivity contribution in [2.24, 2.45) is 10.7 Å². The molecule has 29 heavy (non-hydrogen) atoms. The number of rotatable bonds is 4. The van der Waals surface area contributed by atoms with Crippen molar-refractivity contribution in [2.75, 3.05) is 18.5 Å². The number of amidine groups is 1. The van der Waals surface area contributed by atoms with E-state index in [1.165, 1.54) is 0 Å². The first-order valence-electron chi connectivity index (χ1n) is 10.4. The summed E-state index contributed by atoms with van der Waals surface area (Å²) in [7, 11) is 0. The number of nitrogens with one attached hydrogen (secondary N) is 1. The third-order valence-electron chi connectivity index (χ3n) is 3.98. The molecule has 0 bridgehead atoms. The molecule has 0 radical (unpaired) electrons. The fraction of sp³-hybridized carbons (Fsp3) is 0.278. The van der Waals surface area contributed by atoms with Crippen molar-refractivity contribution in [3.05, 3.63) is 57.8 Å². The molecule has 6 nitrogen and oxygen atoms in total. The predicted molar refractivity (Wildman–Crippen MR) is 98.4 cm³/mol. The lowest BCUT2D eigenvalue weighted by Crippen LogP contribution is -2.45. The Hall–Kier alpha value is -2.72. The Morgan fingerprint density at radius 1 is 1.48 bits per heavy atom. The summed E-state index contributed by atoms with van der Waals surface area (Å²) in [5, 5.41) is 1.41. The van der Waals surface area contributed by atoms with Gasteiger partial charge in [-0.25, -0.2) is 22.5 Å². The number of nitrogens with zero attached hydrogens (tertiary/aromatic N) is 2. The van der Waals surface area contributed by atoms with Gasteiger partial charge < -0.3 is 15.8 Å². The van der Waals surface area contributed by atoms with Crippen LogP contribution in [-0.2, 0) is 10.3 Å². The molecule has 0 aliphatic carbocycles. The normalized spacial score (nSPS) is 22.1. The number of ether oxygens (including phenoxy) is 1. The zero-order chi connectivity index (χ0) is 25.6. The summed E-state index contributed by atoms with van der Waals surface area (Å²) >= 11 is 5.71. The average Bonchev–Trinajstić information content (AvgIpc) is 2.72. The standard InChI is InChI=1S/C18H15ClF4N4O2/c1-8-2-9(19)5-25-15(8)16(28)26-10-3-11(14(21)12(20)4-10)18(17(22)23)7-29-6-13(24)27-18/h2-5,17H,6-7H2,1H3,(H2,24,27)(H,26,28)/t18-/m0/s1/i1D3,2D,5D. The van der Waals surface area contributed by atoms with Crippen LogP contribution in [0.1, 0.15) is 28.5 Å². The highest BCUT2D eigenvalue weighted by Crippen LogP contribution is 2.38. The highest BCUT2D eigenvalue weighted by atomic mass is 35.5. The molecule has 2 heterocycles. The molecule has 154 valence electrons. The first-order chi connectivity index (χ1) is 15.7. The lowest BCUT2D eigenvalue weighted by atomic mass is 9.89. The van der Waals surface area contributed by atoms with Crippen molar-refractivity contribution in [3.8, 4) is 0 Å². The van der Waals surface area contributed by atoms with E-state index in [0.29, 0.717) is 12.1 Å². The highest BCUT2D eigenvalue weighted by molar-refractivity contribution is 6.30. The number of hydrogen-bond acceptors (Lipinski definition) is 5. The van der Waals surface area contributed by atoms with Gasteiger partial charge in [0.05, 0.1) is 14.4 Å². The van der Waals surface area contributed by atoms with Crippen molar-refractivity contribution in [3.63, 3.8) is 0 Å². The van der Waals surface area contributed by atoms with Gasteiger partial charge in [0.1, 0.15) is 18.1 Å². The van der Waals surface area contributed by atoms with Crippen molar-refractivity contribution in [1.29, 1.82) is 0 Å². The Kier molecular flexibility index (Phi) is 4.16. The molecular weight excluding hydrogens is 416 g/mol. The van der Waals surface area contributed by atoms with Crippen LogP contribution in [0, 0.1) is 18.5 Å². The Balaban J connectivity index is 2.12. The third-order valence-corrected chi connectivity index (χ3v) is 4.16. The average molecular weight is 436 g/mol. The summed E-state index contributed by atoms with van der Waals surface area (Å²) in [4.78, 5) is 19.9. The lowest BCUT2D eigenvalue weighted by Gasteiger charge is -2.33. The number of carbonyl (C=O) groups excluding carboxylic acids is 1. The van der Waals surface area contributed by atoms with Gasteiger partial charge in [-0.2, -0.15) is 0 Å². The molecule has 1 atom stereocenters. The summed E-state index contributed by atoms with van der Waals surface area (Å²) in [6.07, 6.45) is -4.17. The van der Waals surface area contributed by atoms with E-state index >= 15 is 0 Å². The molecular formula is C18H15ClF4N4O2. The van der Waals surface area contributed by atoms with Gasteiger partial charge in [0, 0.05) is 27.6 Å². The maximum Gasteiger partial charge on any atom is 0.274 e. The highest BCUT2D eigenvalue weighted by Gasteiger charge is 2.47. The zero-order valence-corrected chi connectivity index (χ0v) is 15.1. The molecule has 0 spiro atoms. The van der Waals surface area contributed by atoms with E-state index in [4.69, 9.17) is 28.9 Å². The molecule has 0 saturated heterocycles. The molecule has 1 aliphatic heterocycles. The molecule has 1 amide bonds. The molecule has 3 rings (SSSR count). The quantitative estimate of drug-likeness (QED) is 0.720. The second-order valence-corrected chi connectivity index (χ2v) is 6.36. The van der Waals surface area contributed by atoms with Gasteiger partial charge in [-0.1, -0.05) is 11.6 Å². The topological polar surface area (TPSA) is 89.6 Å². The minimum Gasteiger partial charge on any atom is -0.385 e. The second-order valence-electron chi connectivity index (χ2n) is 5.98. The summed E-state index contributed by atoms with van der Waals surface area (Å²) in [6, 6.07) is 0.279. The van der Waals surface area contributed by atoms with E-state index < -0.39 is 82.7 Å². The van der Waals surface area contributed by atoms with Crippen molar-refractivity contribution >= 4 is 29.0 Å². The van der Waals surface area contributed by atoms with Crippen molar-refractivity contribution in [2.45, 2.75) is 18.8 Å². The van der Waals surface area contributed by atoms with Crippen LogP contribution in [0.25, 0.3) is 0 Å². The number of anilines is 1. The van der Waals surface area contributed by atoms with Crippen LogP contribution in [0.3, 0.4) is 0 Å². The van der Waals surface area contributed by atoms with Gasteiger partial charge in [-0.05, 0) is 24.5 Å². The number of halogens is 5. The minimum absolute atomic E-state index is 0.306. The number of pyridine rings is 1. The molecule has 3 N–H and O–H groups in total. The number of alkyl halides is 2. The van der Waals surface area contributed by atoms with Crippen molar-refractivity contribution < 1.29 is 33.9 Å². The Bertz CT molecular complexity index is 1200. The number of aromatic nitrogens is 1. The van der Waals surface area contributed by atoms with Crippen molar-refractivity contribution in [1.82, 2.24) is 4.98 Å². The van der Waals surface area contributed by atoms with Gasteiger partial charge in [0.25, 0.3) is 12.3 Å². The molecule has 0 saturated carbocycles. The van der Waals surface area contributed by atoms with Gasteiger partial charge in [-0.3, -0.25) is 9.79 Å². The van der Waals surface area contributed by atoms with Gasteiger partial charge in [0.15, 0.2) is 17.2 Å². The Morgan fingerprint density at radius 3 is 2.90 bits per heavy atom. The zero-order valence-electron chi connectivity index (χ0n) is 19.3. The first-order valence-corrected chi connectivity index (χ1v) is 8.25. The first kappa shape index (κ1) is 15.2. The number of aliphatic imine (C=N–C) groups is 1. The molecule has 0 fully saturated rings. The maximum atomic E-state index is 14.6. The Morgan fingerprint density at radius 2 is 2.24 bits per heavy atom. The monoisotopic (exact) mass is 435 g/mol. The van der Waals surface area contributed by atoms with E-state index in [9.17, 15) is 22.4 Å². The summed E-state index contributed by atoms with van der Waals surface area (Å²) in [6.45, 7) is -4.20. The summed E-state index contributed by atoms with van der Waals surface area (Å²) in [5.74, 6) is -5.04. The van der Waals surface area contributed by atoms with E-state index in [1.54, 1.807) is 0 Å². The summed E-state index contributed by atoms with van der Waals surface area (Å²) in [5.41, 5.74) is -0.578. The van der Waals surface area contributed by atoms with Crippen LogP contribution in [0.4, 0.5) is 23.2 Å². The smallest absolute Gasteiger partial charge is 0.274 e. The SMILES string of the molecule is [2H]c1nc(C(=O)Nc2cc(F)c(F)c([C@]3(C(F)F)COCC(N)=N3)c2)c(C([2H])([2H])[2H])c([2H])c1Cl. The van der Waals surface area contributed by atoms with E-state index in [-0.39, 0.29) is 12.4 Å². The molecule has 1 aliphatic rings. The van der Waals surface area contributed by atoms with Crippen LogP contribution in [0.5, 0.6) is 0 Å². The molecule has 1 aromatic carbocycles. The second kappa shape index (κ2) is 7.96. The largest absolute Gasteiger partial charge is 0.385 e. The van der Waals surface area contributed by atoms with Crippen LogP contribution in [-0.4, -0.2) is 36.4 Å². The number of amides is 1.